The normalized spacial score (nSPS) is 21.5. The molecular formula is C30H39N7O4. The zero-order valence-corrected chi connectivity index (χ0v) is 23.1. The number of carbonyl (C=O) groups excluding carboxylic acids is 2. The number of nitrogens with two attached hydrogens (primary N) is 2. The molecule has 0 radical (unpaired) electrons. The SMILES string of the molecule is N[C@H]1CCCC[C@@H]1N.O=C(N[C@H]1CCCC[C@@H]1NC(=O)c1ccccn1)c1ccccn1.O=C(O)c1ccccn1. The Labute approximate surface area is 240 Å². The minimum absolute atomic E-state index is 0.0810. The fourth-order valence-corrected chi connectivity index (χ4v) is 4.63. The van der Waals surface area contributed by atoms with Gasteiger partial charge in [-0.2, -0.15) is 0 Å². The first kappa shape index (κ1) is 31.3. The summed E-state index contributed by atoms with van der Waals surface area (Å²) in [5, 5.41) is 14.3. The van der Waals surface area contributed by atoms with Crippen LogP contribution in [0.4, 0.5) is 0 Å². The van der Waals surface area contributed by atoms with Gasteiger partial charge >= 0.3 is 5.97 Å². The van der Waals surface area contributed by atoms with E-state index in [1.807, 2.05) is 0 Å². The maximum Gasteiger partial charge on any atom is 0.354 e. The maximum atomic E-state index is 12.3. The molecule has 41 heavy (non-hydrogen) atoms. The molecule has 3 aromatic heterocycles. The first-order valence-electron chi connectivity index (χ1n) is 13.9. The lowest BCUT2D eigenvalue weighted by Gasteiger charge is -2.32. The molecule has 0 unspecified atom stereocenters. The van der Waals surface area contributed by atoms with Crippen LogP contribution in [0.5, 0.6) is 0 Å². The molecule has 3 aromatic rings. The second kappa shape index (κ2) is 16.8. The Balaban J connectivity index is 0.000000221. The molecule has 0 aliphatic heterocycles. The lowest BCUT2D eigenvalue weighted by Crippen LogP contribution is -2.53. The number of hydrogen-bond donors (Lipinski definition) is 5. The maximum absolute atomic E-state index is 12.3. The predicted molar refractivity (Wildman–Crippen MR) is 155 cm³/mol. The zero-order valence-electron chi connectivity index (χ0n) is 23.1. The molecule has 5 rings (SSSR count). The molecule has 0 bridgehead atoms. The molecule has 7 N–H and O–H groups in total. The number of carbonyl (C=O) groups is 3. The molecule has 2 amide bonds. The Bertz CT molecular complexity index is 1140. The highest BCUT2D eigenvalue weighted by molar-refractivity contribution is 5.93. The van der Waals surface area contributed by atoms with Crippen molar-refractivity contribution in [2.45, 2.75) is 75.5 Å². The van der Waals surface area contributed by atoms with Crippen LogP contribution in [0, 0.1) is 0 Å². The Morgan fingerprint density at radius 2 is 0.976 bits per heavy atom. The summed E-state index contributed by atoms with van der Waals surface area (Å²) in [7, 11) is 0. The molecule has 4 atom stereocenters. The largest absolute Gasteiger partial charge is 0.477 e. The van der Waals surface area contributed by atoms with Crippen LogP contribution < -0.4 is 22.1 Å². The van der Waals surface area contributed by atoms with Gasteiger partial charge in [0.15, 0.2) is 0 Å². The molecule has 2 aliphatic rings. The van der Waals surface area contributed by atoms with Gasteiger partial charge < -0.3 is 27.2 Å². The molecule has 0 aromatic carbocycles. The van der Waals surface area contributed by atoms with Crippen molar-refractivity contribution in [1.29, 1.82) is 0 Å². The first-order valence-corrected chi connectivity index (χ1v) is 13.9. The second-order valence-corrected chi connectivity index (χ2v) is 10.0. The van der Waals surface area contributed by atoms with Crippen LogP contribution in [-0.4, -0.2) is 62.0 Å². The lowest BCUT2D eigenvalue weighted by atomic mass is 9.90. The van der Waals surface area contributed by atoms with Crippen LogP contribution >= 0.6 is 0 Å². The van der Waals surface area contributed by atoms with Gasteiger partial charge in [0.25, 0.3) is 11.8 Å². The van der Waals surface area contributed by atoms with Gasteiger partial charge in [0.1, 0.15) is 17.1 Å². The summed E-state index contributed by atoms with van der Waals surface area (Å²) in [6, 6.07) is 15.6. The number of aromatic nitrogens is 3. The zero-order chi connectivity index (χ0) is 29.5. The van der Waals surface area contributed by atoms with Gasteiger partial charge in [-0.05, 0) is 62.1 Å². The van der Waals surface area contributed by atoms with E-state index < -0.39 is 5.97 Å². The summed E-state index contributed by atoms with van der Waals surface area (Å²) in [5.74, 6) is -1.41. The van der Waals surface area contributed by atoms with E-state index in [1.54, 1.807) is 60.9 Å². The van der Waals surface area contributed by atoms with Crippen molar-refractivity contribution < 1.29 is 19.5 Å². The molecule has 11 nitrogen and oxygen atoms in total. The van der Waals surface area contributed by atoms with Gasteiger partial charge in [-0.25, -0.2) is 9.78 Å². The van der Waals surface area contributed by atoms with E-state index in [0.717, 1.165) is 38.5 Å². The van der Waals surface area contributed by atoms with Crippen molar-refractivity contribution in [3.8, 4) is 0 Å². The number of pyridine rings is 3. The number of hydrogen-bond acceptors (Lipinski definition) is 8. The molecule has 3 heterocycles. The third kappa shape index (κ3) is 10.7. The van der Waals surface area contributed by atoms with Crippen LogP contribution in [-0.2, 0) is 0 Å². The van der Waals surface area contributed by atoms with Crippen molar-refractivity contribution in [2.75, 3.05) is 0 Å². The van der Waals surface area contributed by atoms with Crippen LogP contribution in [0.2, 0.25) is 0 Å². The topological polar surface area (TPSA) is 186 Å². The molecule has 11 heteroatoms. The Morgan fingerprint density at radius 3 is 1.27 bits per heavy atom. The number of rotatable bonds is 5. The van der Waals surface area contributed by atoms with E-state index in [-0.39, 0.29) is 41.7 Å². The summed E-state index contributed by atoms with van der Waals surface area (Å²) in [6.45, 7) is 0. The van der Waals surface area contributed by atoms with E-state index in [0.29, 0.717) is 11.4 Å². The van der Waals surface area contributed by atoms with Gasteiger partial charge in [-0.1, -0.05) is 43.9 Å². The fourth-order valence-electron chi connectivity index (χ4n) is 4.63. The molecular weight excluding hydrogens is 522 g/mol. The van der Waals surface area contributed by atoms with E-state index >= 15 is 0 Å². The summed E-state index contributed by atoms with van der Waals surface area (Å²) >= 11 is 0. The molecule has 2 saturated carbocycles. The molecule has 2 aliphatic carbocycles. The highest BCUT2D eigenvalue weighted by Crippen LogP contribution is 2.19. The van der Waals surface area contributed by atoms with Gasteiger partial charge in [0.05, 0.1) is 0 Å². The van der Waals surface area contributed by atoms with Crippen molar-refractivity contribution in [1.82, 2.24) is 25.6 Å². The minimum atomic E-state index is -0.990. The smallest absolute Gasteiger partial charge is 0.354 e. The van der Waals surface area contributed by atoms with Gasteiger partial charge in [0, 0.05) is 42.8 Å². The number of carboxylic acid groups (broad SMARTS) is 1. The highest BCUT2D eigenvalue weighted by Gasteiger charge is 2.28. The first-order chi connectivity index (χ1) is 19.8. The number of nitrogens with one attached hydrogen (secondary N) is 2. The Morgan fingerprint density at radius 1 is 0.610 bits per heavy atom. The summed E-state index contributed by atoms with van der Waals surface area (Å²) in [6.07, 6.45) is 13.2. The Hall–Kier alpha value is -4.22. The van der Waals surface area contributed by atoms with E-state index in [1.165, 1.54) is 25.1 Å². The number of nitrogens with zero attached hydrogens (tertiary/aromatic N) is 3. The monoisotopic (exact) mass is 561 g/mol. The molecule has 218 valence electrons. The quantitative estimate of drug-likeness (QED) is 0.312. The molecule has 2 fully saturated rings. The van der Waals surface area contributed by atoms with E-state index in [2.05, 4.69) is 25.6 Å². The van der Waals surface area contributed by atoms with Crippen LogP contribution in [0.3, 0.4) is 0 Å². The van der Waals surface area contributed by atoms with Crippen LogP contribution in [0.25, 0.3) is 0 Å². The minimum Gasteiger partial charge on any atom is -0.477 e. The van der Waals surface area contributed by atoms with Crippen LogP contribution in [0.15, 0.2) is 73.2 Å². The van der Waals surface area contributed by atoms with Crippen molar-refractivity contribution in [2.24, 2.45) is 11.5 Å². The Kier molecular flexibility index (Phi) is 12.8. The second-order valence-electron chi connectivity index (χ2n) is 10.0. The average molecular weight is 562 g/mol. The highest BCUT2D eigenvalue weighted by atomic mass is 16.4. The predicted octanol–water partition coefficient (Wildman–Crippen LogP) is 2.94. The molecule has 0 saturated heterocycles. The van der Waals surface area contributed by atoms with Crippen molar-refractivity contribution in [3.63, 3.8) is 0 Å². The summed E-state index contributed by atoms with van der Waals surface area (Å²) in [5.41, 5.74) is 12.2. The van der Waals surface area contributed by atoms with E-state index in [9.17, 15) is 14.4 Å². The van der Waals surface area contributed by atoms with Gasteiger partial charge in [0.2, 0.25) is 0 Å². The number of carboxylic acids is 1. The van der Waals surface area contributed by atoms with Crippen molar-refractivity contribution >= 4 is 17.8 Å². The van der Waals surface area contributed by atoms with Gasteiger partial charge in [-0.15, -0.1) is 0 Å². The average Bonchev–Trinajstić information content (AvgIpc) is 3.01. The molecule has 0 spiro atoms. The van der Waals surface area contributed by atoms with Gasteiger partial charge in [-0.3, -0.25) is 19.6 Å². The van der Waals surface area contributed by atoms with E-state index in [4.69, 9.17) is 16.6 Å². The third-order valence-electron chi connectivity index (χ3n) is 6.95. The fraction of sp³-hybridized carbons (Fsp3) is 0.400. The summed E-state index contributed by atoms with van der Waals surface area (Å²) in [4.78, 5) is 46.5. The van der Waals surface area contributed by atoms with Crippen LogP contribution in [0.1, 0.15) is 82.8 Å². The number of aromatic carboxylic acids is 1. The lowest BCUT2D eigenvalue weighted by molar-refractivity contribution is 0.0690. The third-order valence-corrected chi connectivity index (χ3v) is 6.95. The number of amides is 2. The standard InChI is InChI=1S/C18H20N4O2.C6H14N2.C6H5NO2/c23-17(15-9-3-5-11-19-15)21-13-7-1-2-8-14(13)22-18(24)16-10-4-6-12-20-16;7-5-3-1-2-4-6(5)8;8-6(9)5-3-1-2-4-7-5/h3-6,9-14H,1-2,7-8H2,(H,21,23)(H,22,24);5-6H,1-4,7-8H2;1-4H,(H,8,9)/t13-,14-;5-,6-;/m00./s1. The van der Waals surface area contributed by atoms with Crippen molar-refractivity contribution in [3.05, 3.63) is 90.3 Å². The summed E-state index contributed by atoms with van der Waals surface area (Å²) < 4.78 is 0.